The molecule has 2 atom stereocenters. The molecule has 2 rings (SSSR count). The molecule has 0 radical (unpaired) electrons. The van der Waals surface area contributed by atoms with E-state index in [1.807, 2.05) is 17.8 Å². The molecular weight excluding hydrogens is 252 g/mol. The van der Waals surface area contributed by atoms with Gasteiger partial charge in [-0.3, -0.25) is 10.1 Å². The molecular formula is C12H16N2O3S. The molecule has 1 aliphatic heterocycles. The van der Waals surface area contributed by atoms with Crippen molar-refractivity contribution in [3.8, 4) is 5.75 Å². The van der Waals surface area contributed by atoms with E-state index in [2.05, 4.69) is 0 Å². The van der Waals surface area contributed by atoms with Crippen molar-refractivity contribution in [2.45, 2.75) is 12.5 Å². The van der Waals surface area contributed by atoms with E-state index in [0.29, 0.717) is 11.7 Å². The third-order valence-electron chi connectivity index (χ3n) is 3.14. The molecule has 0 bridgehead atoms. The van der Waals surface area contributed by atoms with E-state index in [1.54, 1.807) is 6.07 Å². The van der Waals surface area contributed by atoms with Gasteiger partial charge in [0.15, 0.2) is 0 Å². The van der Waals surface area contributed by atoms with Crippen LogP contribution in [0.3, 0.4) is 0 Å². The lowest BCUT2D eigenvalue weighted by molar-refractivity contribution is -0.385. The van der Waals surface area contributed by atoms with Gasteiger partial charge in [0.25, 0.3) is 5.69 Å². The zero-order valence-corrected chi connectivity index (χ0v) is 11.0. The van der Waals surface area contributed by atoms with Crippen molar-refractivity contribution in [2.75, 3.05) is 18.6 Å². The molecule has 0 aromatic heterocycles. The Bertz CT molecular complexity index is 453. The third kappa shape index (κ3) is 2.94. The molecule has 5 nitrogen and oxygen atoms in total. The van der Waals surface area contributed by atoms with Gasteiger partial charge in [0.2, 0.25) is 0 Å². The molecule has 1 fully saturated rings. The monoisotopic (exact) mass is 268 g/mol. The van der Waals surface area contributed by atoms with Crippen molar-refractivity contribution in [3.05, 3.63) is 33.9 Å². The van der Waals surface area contributed by atoms with Crippen LogP contribution in [0.4, 0.5) is 5.69 Å². The summed E-state index contributed by atoms with van der Waals surface area (Å²) in [4.78, 5) is 10.5. The summed E-state index contributed by atoms with van der Waals surface area (Å²) in [5.41, 5.74) is 7.00. The first-order valence-electron chi connectivity index (χ1n) is 5.76. The fourth-order valence-corrected chi connectivity index (χ4v) is 3.46. The van der Waals surface area contributed by atoms with Crippen molar-refractivity contribution >= 4 is 17.4 Å². The van der Waals surface area contributed by atoms with Gasteiger partial charge < -0.3 is 10.5 Å². The van der Waals surface area contributed by atoms with E-state index >= 15 is 0 Å². The molecule has 18 heavy (non-hydrogen) atoms. The SMILES string of the molecule is COc1cc(CC2CSCC2N)cc([N+](=O)[O-])c1. The van der Waals surface area contributed by atoms with Crippen LogP contribution in [-0.2, 0) is 6.42 Å². The van der Waals surface area contributed by atoms with E-state index < -0.39 is 4.92 Å². The van der Waals surface area contributed by atoms with Gasteiger partial charge in [0.05, 0.1) is 18.1 Å². The topological polar surface area (TPSA) is 78.4 Å². The minimum Gasteiger partial charge on any atom is -0.496 e. The average Bonchev–Trinajstić information content (AvgIpc) is 2.74. The first-order chi connectivity index (χ1) is 8.60. The van der Waals surface area contributed by atoms with Gasteiger partial charge in [0.1, 0.15) is 5.75 Å². The zero-order valence-electron chi connectivity index (χ0n) is 10.2. The van der Waals surface area contributed by atoms with Crippen molar-refractivity contribution < 1.29 is 9.66 Å². The molecule has 1 aromatic rings. The smallest absolute Gasteiger partial charge is 0.273 e. The second kappa shape index (κ2) is 5.58. The summed E-state index contributed by atoms with van der Waals surface area (Å²) in [7, 11) is 1.51. The zero-order chi connectivity index (χ0) is 13.1. The Morgan fingerprint density at radius 1 is 1.50 bits per heavy atom. The second-order valence-electron chi connectivity index (χ2n) is 4.46. The van der Waals surface area contributed by atoms with Crippen molar-refractivity contribution in [3.63, 3.8) is 0 Å². The lowest BCUT2D eigenvalue weighted by Gasteiger charge is -2.14. The third-order valence-corrected chi connectivity index (χ3v) is 4.43. The molecule has 98 valence electrons. The molecule has 0 aliphatic carbocycles. The molecule has 1 heterocycles. The number of nitro groups is 1. The van der Waals surface area contributed by atoms with Gasteiger partial charge >= 0.3 is 0 Å². The summed E-state index contributed by atoms with van der Waals surface area (Å²) in [6, 6.07) is 5.08. The van der Waals surface area contributed by atoms with Crippen molar-refractivity contribution in [1.82, 2.24) is 0 Å². The van der Waals surface area contributed by atoms with Gasteiger partial charge in [0, 0.05) is 17.9 Å². The van der Waals surface area contributed by atoms with Gasteiger partial charge in [-0.2, -0.15) is 11.8 Å². The summed E-state index contributed by atoms with van der Waals surface area (Å²) in [5, 5.41) is 10.8. The van der Waals surface area contributed by atoms with Crippen molar-refractivity contribution in [1.29, 1.82) is 0 Å². The maximum atomic E-state index is 10.8. The van der Waals surface area contributed by atoms with Gasteiger partial charge in [-0.05, 0) is 29.7 Å². The predicted octanol–water partition coefficient (Wildman–Crippen LogP) is 1.84. The lowest BCUT2D eigenvalue weighted by Crippen LogP contribution is -2.29. The summed E-state index contributed by atoms with van der Waals surface area (Å²) in [5.74, 6) is 2.91. The maximum Gasteiger partial charge on any atom is 0.273 e. The van der Waals surface area contributed by atoms with Crippen LogP contribution in [0.25, 0.3) is 0 Å². The molecule has 2 N–H and O–H groups in total. The van der Waals surface area contributed by atoms with E-state index in [0.717, 1.165) is 23.5 Å². The van der Waals surface area contributed by atoms with Gasteiger partial charge in [-0.15, -0.1) is 0 Å². The van der Waals surface area contributed by atoms with Crippen LogP contribution in [-0.4, -0.2) is 29.6 Å². The van der Waals surface area contributed by atoms with Crippen LogP contribution in [0.15, 0.2) is 18.2 Å². The Balaban J connectivity index is 2.21. The summed E-state index contributed by atoms with van der Waals surface area (Å²) in [6.45, 7) is 0. The Kier molecular flexibility index (Phi) is 4.08. The molecule has 1 saturated heterocycles. The Labute approximate surface area is 110 Å². The normalized spacial score (nSPS) is 23.0. The van der Waals surface area contributed by atoms with Crippen LogP contribution < -0.4 is 10.5 Å². The Morgan fingerprint density at radius 2 is 2.28 bits per heavy atom. The number of rotatable bonds is 4. The van der Waals surface area contributed by atoms with Crippen LogP contribution >= 0.6 is 11.8 Å². The Hall–Kier alpha value is -1.27. The van der Waals surface area contributed by atoms with Gasteiger partial charge in [-0.25, -0.2) is 0 Å². The van der Waals surface area contributed by atoms with Crippen LogP contribution in [0.2, 0.25) is 0 Å². The first-order valence-corrected chi connectivity index (χ1v) is 6.91. The van der Waals surface area contributed by atoms with E-state index in [1.165, 1.54) is 13.2 Å². The fourth-order valence-electron chi connectivity index (χ4n) is 2.11. The highest BCUT2D eigenvalue weighted by atomic mass is 32.2. The second-order valence-corrected chi connectivity index (χ2v) is 5.54. The number of hydrogen-bond acceptors (Lipinski definition) is 5. The predicted molar refractivity (Wildman–Crippen MR) is 72.1 cm³/mol. The molecule has 0 amide bonds. The number of ether oxygens (including phenoxy) is 1. The highest BCUT2D eigenvalue weighted by Gasteiger charge is 2.25. The number of non-ortho nitro benzene ring substituents is 1. The minimum absolute atomic E-state index is 0.0728. The minimum atomic E-state index is -0.394. The first kappa shape index (κ1) is 13.2. The van der Waals surface area contributed by atoms with Crippen LogP contribution in [0.5, 0.6) is 5.75 Å². The van der Waals surface area contributed by atoms with Crippen LogP contribution in [0.1, 0.15) is 5.56 Å². The molecule has 0 spiro atoms. The number of thioether (sulfide) groups is 1. The number of benzene rings is 1. The van der Waals surface area contributed by atoms with Gasteiger partial charge in [-0.1, -0.05) is 0 Å². The maximum absolute atomic E-state index is 10.8. The van der Waals surface area contributed by atoms with Crippen molar-refractivity contribution in [2.24, 2.45) is 11.7 Å². The highest BCUT2D eigenvalue weighted by molar-refractivity contribution is 7.99. The molecule has 2 unspecified atom stereocenters. The fraction of sp³-hybridized carbons (Fsp3) is 0.500. The average molecular weight is 268 g/mol. The number of hydrogen-bond donors (Lipinski definition) is 1. The quantitative estimate of drug-likeness (QED) is 0.666. The Morgan fingerprint density at radius 3 is 2.83 bits per heavy atom. The van der Waals surface area contributed by atoms with Crippen LogP contribution in [0, 0.1) is 16.0 Å². The molecule has 1 aliphatic rings. The lowest BCUT2D eigenvalue weighted by atomic mass is 9.95. The number of nitrogens with two attached hydrogens (primary N) is 1. The number of nitrogens with zero attached hydrogens (tertiary/aromatic N) is 1. The van der Waals surface area contributed by atoms with E-state index in [9.17, 15) is 10.1 Å². The van der Waals surface area contributed by atoms with E-state index in [-0.39, 0.29) is 11.7 Å². The summed E-state index contributed by atoms with van der Waals surface area (Å²) < 4.78 is 5.10. The largest absolute Gasteiger partial charge is 0.496 e. The number of nitro benzene ring substituents is 1. The molecule has 0 saturated carbocycles. The highest BCUT2D eigenvalue weighted by Crippen LogP contribution is 2.29. The number of methoxy groups -OCH3 is 1. The van der Waals surface area contributed by atoms with E-state index in [4.69, 9.17) is 10.5 Å². The summed E-state index contributed by atoms with van der Waals surface area (Å²) in [6.07, 6.45) is 0.770. The standard InChI is InChI=1S/C12H16N2O3S/c1-17-11-4-8(3-10(5-11)14(15)16)2-9-6-18-7-12(9)13/h3-5,9,12H,2,6-7,13H2,1H3. The summed E-state index contributed by atoms with van der Waals surface area (Å²) >= 11 is 1.84. The molecule has 6 heteroatoms. The molecule has 1 aromatic carbocycles.